The third-order valence-corrected chi connectivity index (χ3v) is 6.83. The maximum absolute atomic E-state index is 13.5. The van der Waals surface area contributed by atoms with Crippen LogP contribution in [0.2, 0.25) is 0 Å². The van der Waals surface area contributed by atoms with Gasteiger partial charge >= 0.3 is 0 Å². The minimum Gasteiger partial charge on any atom is -0.493 e. The summed E-state index contributed by atoms with van der Waals surface area (Å²) in [4.78, 5) is 28.4. The van der Waals surface area contributed by atoms with Gasteiger partial charge in [-0.05, 0) is 55.2 Å². The van der Waals surface area contributed by atoms with E-state index in [9.17, 15) is 9.59 Å². The number of ether oxygens (including phenoxy) is 3. The predicted molar refractivity (Wildman–Crippen MR) is 151 cm³/mol. The number of amides is 1. The second kappa shape index (κ2) is 17.2. The maximum atomic E-state index is 13.5. The minimum absolute atomic E-state index is 0.0546. The van der Waals surface area contributed by atoms with E-state index in [0.29, 0.717) is 49.0 Å². The molecule has 0 aromatic heterocycles. The molecular formula is C31H51NO5. The van der Waals surface area contributed by atoms with Crippen LogP contribution >= 0.6 is 0 Å². The molecule has 0 saturated heterocycles. The largest absolute Gasteiger partial charge is 0.493 e. The molecule has 0 spiro atoms. The van der Waals surface area contributed by atoms with Gasteiger partial charge in [0.1, 0.15) is 0 Å². The van der Waals surface area contributed by atoms with E-state index in [1.807, 2.05) is 18.0 Å². The Morgan fingerprint density at radius 3 is 2.05 bits per heavy atom. The molecule has 1 amide bonds. The van der Waals surface area contributed by atoms with Crippen molar-refractivity contribution in [2.75, 3.05) is 41.0 Å². The molecule has 210 valence electrons. The van der Waals surface area contributed by atoms with E-state index in [1.54, 1.807) is 26.4 Å². The Labute approximate surface area is 225 Å². The van der Waals surface area contributed by atoms with Crippen LogP contribution in [0.4, 0.5) is 0 Å². The Balaban J connectivity index is 2.89. The number of hydrogen-bond donors (Lipinski definition) is 0. The smallest absolute Gasteiger partial charge is 0.225 e. The first-order chi connectivity index (χ1) is 17.5. The van der Waals surface area contributed by atoms with E-state index in [4.69, 9.17) is 14.2 Å². The van der Waals surface area contributed by atoms with Crippen molar-refractivity contribution in [3.63, 3.8) is 0 Å². The Hall–Kier alpha value is -2.34. The Morgan fingerprint density at radius 1 is 0.892 bits per heavy atom. The molecule has 0 aliphatic carbocycles. The zero-order chi connectivity index (χ0) is 28.0. The number of carbonyl (C=O) groups excluding carboxylic acids is 2. The molecule has 0 bridgehead atoms. The number of allylic oxidation sites excluding steroid dienone is 2. The first-order valence-corrected chi connectivity index (χ1v) is 13.8. The van der Waals surface area contributed by atoms with Crippen molar-refractivity contribution in [1.82, 2.24) is 4.90 Å². The lowest BCUT2D eigenvalue weighted by molar-refractivity contribution is -0.135. The van der Waals surface area contributed by atoms with Gasteiger partial charge in [0.25, 0.3) is 0 Å². The van der Waals surface area contributed by atoms with Gasteiger partial charge in [0.15, 0.2) is 17.3 Å². The van der Waals surface area contributed by atoms with Crippen LogP contribution < -0.4 is 9.47 Å². The van der Waals surface area contributed by atoms with Crippen molar-refractivity contribution in [3.05, 3.63) is 35.9 Å². The van der Waals surface area contributed by atoms with Crippen LogP contribution in [0.1, 0.15) is 77.6 Å². The summed E-state index contributed by atoms with van der Waals surface area (Å²) < 4.78 is 16.4. The van der Waals surface area contributed by atoms with Gasteiger partial charge in [-0.2, -0.15) is 0 Å². The normalized spacial score (nSPS) is 13.4. The number of rotatable bonds is 18. The molecule has 37 heavy (non-hydrogen) atoms. The molecular weight excluding hydrogens is 466 g/mol. The number of Topliss-reactive ketones (excluding diaryl/α,β-unsaturated/α-hetero) is 1. The summed E-state index contributed by atoms with van der Waals surface area (Å²) in [5.74, 6) is 2.26. The summed E-state index contributed by atoms with van der Waals surface area (Å²) in [5.41, 5.74) is 0.622. The Morgan fingerprint density at radius 2 is 1.51 bits per heavy atom. The van der Waals surface area contributed by atoms with Crippen LogP contribution in [0, 0.1) is 29.6 Å². The lowest BCUT2D eigenvalue weighted by Gasteiger charge is -2.26. The summed E-state index contributed by atoms with van der Waals surface area (Å²) >= 11 is 0. The summed E-state index contributed by atoms with van der Waals surface area (Å²) in [6, 6.07) is 5.39. The van der Waals surface area contributed by atoms with Gasteiger partial charge in [-0.1, -0.05) is 53.7 Å². The van der Waals surface area contributed by atoms with Gasteiger partial charge in [-0.25, -0.2) is 0 Å². The summed E-state index contributed by atoms with van der Waals surface area (Å²) in [5, 5.41) is 0. The van der Waals surface area contributed by atoms with Crippen LogP contribution in [0.25, 0.3) is 0 Å². The van der Waals surface area contributed by atoms with Gasteiger partial charge in [-0.15, -0.1) is 0 Å². The van der Waals surface area contributed by atoms with Crippen molar-refractivity contribution in [1.29, 1.82) is 0 Å². The second-order valence-electron chi connectivity index (χ2n) is 11.0. The fraction of sp³-hybridized carbons (Fsp3) is 0.677. The fourth-order valence-corrected chi connectivity index (χ4v) is 4.21. The van der Waals surface area contributed by atoms with Crippen molar-refractivity contribution in [2.24, 2.45) is 29.6 Å². The molecule has 2 unspecified atom stereocenters. The fourth-order valence-electron chi connectivity index (χ4n) is 4.21. The average Bonchev–Trinajstić information content (AvgIpc) is 2.85. The molecule has 0 radical (unpaired) electrons. The molecule has 0 heterocycles. The Kier molecular flexibility index (Phi) is 15.2. The van der Waals surface area contributed by atoms with Crippen molar-refractivity contribution >= 4 is 11.7 Å². The molecule has 2 atom stereocenters. The minimum atomic E-state index is -0.159. The highest BCUT2D eigenvalue weighted by Crippen LogP contribution is 2.31. The quantitative estimate of drug-likeness (QED) is 0.123. The van der Waals surface area contributed by atoms with Gasteiger partial charge in [-0.3, -0.25) is 9.59 Å². The molecule has 0 N–H and O–H groups in total. The van der Waals surface area contributed by atoms with E-state index in [2.05, 4.69) is 53.7 Å². The highest BCUT2D eigenvalue weighted by Gasteiger charge is 2.25. The molecule has 6 nitrogen and oxygen atoms in total. The van der Waals surface area contributed by atoms with Crippen LogP contribution in [-0.2, 0) is 9.53 Å². The predicted octanol–water partition coefficient (Wildman–Crippen LogP) is 6.68. The van der Waals surface area contributed by atoms with Crippen LogP contribution in [0.5, 0.6) is 11.5 Å². The third-order valence-electron chi connectivity index (χ3n) is 6.83. The summed E-state index contributed by atoms with van der Waals surface area (Å²) in [6.45, 7) is 14.6. The Bertz CT molecular complexity index is 846. The van der Waals surface area contributed by atoms with Gasteiger partial charge in [0.05, 0.1) is 13.7 Å². The number of benzene rings is 1. The molecule has 0 saturated carbocycles. The van der Waals surface area contributed by atoms with Crippen molar-refractivity contribution < 1.29 is 23.8 Å². The number of nitrogens with zero attached hydrogens (tertiary/aromatic N) is 1. The van der Waals surface area contributed by atoms with Gasteiger partial charge in [0, 0.05) is 51.1 Å². The molecule has 1 aromatic carbocycles. The molecule has 1 rings (SSSR count). The number of carbonyl (C=O) groups is 2. The van der Waals surface area contributed by atoms with E-state index in [1.165, 1.54) is 0 Å². The van der Waals surface area contributed by atoms with Crippen LogP contribution in [0.3, 0.4) is 0 Å². The van der Waals surface area contributed by atoms with E-state index in [0.717, 1.165) is 19.4 Å². The molecule has 0 aliphatic rings. The van der Waals surface area contributed by atoms with Gasteiger partial charge < -0.3 is 19.1 Å². The lowest BCUT2D eigenvalue weighted by Crippen LogP contribution is -2.36. The standard InChI is InChI=1S/C31H51NO5/c1-22(2)17-18-32(7)31(34)27(24(5)6)14-11-10-13-26(23(3)4)30(33)25-15-16-28(36-9)29(21-25)37-20-12-19-35-8/h10-11,15-16,21-24,26-27H,12-14,17-20H2,1-9H3. The number of methoxy groups -OCH3 is 2. The zero-order valence-corrected chi connectivity index (χ0v) is 24.7. The molecule has 6 heteroatoms. The third kappa shape index (κ3) is 11.3. The summed E-state index contributed by atoms with van der Waals surface area (Å²) in [7, 11) is 5.16. The van der Waals surface area contributed by atoms with E-state index < -0.39 is 0 Å². The summed E-state index contributed by atoms with van der Waals surface area (Å²) in [6.07, 6.45) is 7.24. The van der Waals surface area contributed by atoms with Crippen LogP contribution in [-0.4, -0.2) is 57.6 Å². The topological polar surface area (TPSA) is 65.1 Å². The highest BCUT2D eigenvalue weighted by atomic mass is 16.5. The average molecular weight is 518 g/mol. The molecule has 0 fully saturated rings. The monoisotopic (exact) mass is 517 g/mol. The van der Waals surface area contributed by atoms with Gasteiger partial charge in [0.2, 0.25) is 5.91 Å². The van der Waals surface area contributed by atoms with E-state index in [-0.39, 0.29) is 35.4 Å². The second-order valence-corrected chi connectivity index (χ2v) is 11.0. The zero-order valence-electron chi connectivity index (χ0n) is 24.7. The van der Waals surface area contributed by atoms with Crippen molar-refractivity contribution in [3.8, 4) is 11.5 Å². The van der Waals surface area contributed by atoms with Crippen molar-refractivity contribution in [2.45, 2.75) is 67.2 Å². The number of ketones is 1. The first kappa shape index (κ1) is 32.7. The molecule has 0 aliphatic heterocycles. The van der Waals surface area contributed by atoms with E-state index >= 15 is 0 Å². The number of hydrogen-bond acceptors (Lipinski definition) is 5. The SMILES string of the molecule is COCCCOc1cc(C(=O)C(CC=CCC(C(=O)N(C)CCC(C)C)C(C)C)C(C)C)ccc1OC. The maximum Gasteiger partial charge on any atom is 0.225 e. The van der Waals surface area contributed by atoms with Crippen LogP contribution in [0.15, 0.2) is 30.4 Å². The lowest BCUT2D eigenvalue weighted by atomic mass is 9.84. The highest BCUT2D eigenvalue weighted by molar-refractivity contribution is 5.98. The first-order valence-electron chi connectivity index (χ1n) is 13.8. The molecule has 1 aromatic rings.